The van der Waals surface area contributed by atoms with E-state index in [4.69, 9.17) is 4.42 Å². The van der Waals surface area contributed by atoms with Crippen molar-refractivity contribution < 1.29 is 9.21 Å². The molecule has 0 bridgehead atoms. The summed E-state index contributed by atoms with van der Waals surface area (Å²) < 4.78 is 5.10. The number of amides is 1. The molecule has 0 spiro atoms. The van der Waals surface area contributed by atoms with Gasteiger partial charge in [0.1, 0.15) is 0 Å². The second kappa shape index (κ2) is 11.6. The maximum absolute atomic E-state index is 12.0. The monoisotopic (exact) mass is 470 g/mol. The van der Waals surface area contributed by atoms with Crippen LogP contribution in [0.1, 0.15) is 36.9 Å². The minimum absolute atomic E-state index is 0. The van der Waals surface area contributed by atoms with Gasteiger partial charge in [0.2, 0.25) is 0 Å². The van der Waals surface area contributed by atoms with E-state index in [0.717, 1.165) is 24.6 Å². The summed E-state index contributed by atoms with van der Waals surface area (Å²) >= 11 is 0. The van der Waals surface area contributed by atoms with Crippen LogP contribution in [0.4, 0.5) is 5.69 Å². The molecule has 0 aliphatic carbocycles. The molecule has 142 valence electrons. The van der Waals surface area contributed by atoms with Crippen LogP contribution in [0, 0.1) is 5.92 Å². The molecule has 1 heterocycles. The Morgan fingerprint density at radius 3 is 2.65 bits per heavy atom. The van der Waals surface area contributed by atoms with Gasteiger partial charge in [-0.1, -0.05) is 26.0 Å². The molecular formula is C19H27IN4O2. The summed E-state index contributed by atoms with van der Waals surface area (Å²) in [6.45, 7) is 8.55. The average molecular weight is 470 g/mol. The molecular weight excluding hydrogens is 443 g/mol. The summed E-state index contributed by atoms with van der Waals surface area (Å²) in [5.74, 6) is 1.36. The number of rotatable bonds is 7. The molecule has 1 aromatic heterocycles. The van der Waals surface area contributed by atoms with Gasteiger partial charge in [0.15, 0.2) is 11.7 Å². The van der Waals surface area contributed by atoms with Crippen molar-refractivity contribution in [1.29, 1.82) is 0 Å². The fraction of sp³-hybridized carbons (Fsp3) is 0.368. The Hall–Kier alpha value is -2.03. The third-order valence-electron chi connectivity index (χ3n) is 3.37. The van der Waals surface area contributed by atoms with Crippen molar-refractivity contribution in [3.8, 4) is 0 Å². The Balaban J connectivity index is 0.00000338. The summed E-state index contributed by atoms with van der Waals surface area (Å²) in [6, 6.07) is 11.0. The number of nitrogens with one attached hydrogen (secondary N) is 3. The molecule has 1 aromatic carbocycles. The zero-order chi connectivity index (χ0) is 18.1. The van der Waals surface area contributed by atoms with Crippen LogP contribution in [-0.4, -0.2) is 25.0 Å². The van der Waals surface area contributed by atoms with Gasteiger partial charge in [-0.15, -0.1) is 24.0 Å². The minimum atomic E-state index is -0.266. The molecule has 0 aliphatic rings. The quantitative estimate of drug-likeness (QED) is 0.326. The molecule has 2 aromatic rings. The zero-order valence-electron chi connectivity index (χ0n) is 15.4. The van der Waals surface area contributed by atoms with Gasteiger partial charge in [0.25, 0.3) is 5.91 Å². The number of carbonyl (C=O) groups is 1. The number of nitrogens with zero attached hydrogens (tertiary/aromatic N) is 1. The minimum Gasteiger partial charge on any atom is -0.459 e. The summed E-state index contributed by atoms with van der Waals surface area (Å²) in [5.41, 5.74) is 1.73. The van der Waals surface area contributed by atoms with Gasteiger partial charge >= 0.3 is 0 Å². The first-order valence-corrected chi connectivity index (χ1v) is 8.54. The summed E-state index contributed by atoms with van der Waals surface area (Å²) in [6.07, 6.45) is 1.48. The van der Waals surface area contributed by atoms with Crippen molar-refractivity contribution in [1.82, 2.24) is 10.6 Å². The number of aliphatic imine (C=N–C) groups is 1. The second-order valence-electron chi connectivity index (χ2n) is 6.10. The van der Waals surface area contributed by atoms with Gasteiger partial charge in [-0.25, -0.2) is 4.99 Å². The molecule has 0 unspecified atom stereocenters. The Morgan fingerprint density at radius 1 is 1.19 bits per heavy atom. The normalized spacial score (nSPS) is 11.0. The predicted octanol–water partition coefficient (Wildman–Crippen LogP) is 3.86. The molecule has 0 saturated carbocycles. The smallest absolute Gasteiger partial charge is 0.291 e. The highest BCUT2D eigenvalue weighted by atomic mass is 127. The van der Waals surface area contributed by atoms with Crippen LogP contribution >= 0.6 is 24.0 Å². The van der Waals surface area contributed by atoms with E-state index < -0.39 is 0 Å². The third-order valence-corrected chi connectivity index (χ3v) is 3.37. The zero-order valence-corrected chi connectivity index (χ0v) is 17.7. The maximum atomic E-state index is 12.0. The number of carbonyl (C=O) groups excluding carboxylic acids is 1. The van der Waals surface area contributed by atoms with E-state index in [1.54, 1.807) is 12.1 Å². The first-order valence-electron chi connectivity index (χ1n) is 8.54. The number of hydrogen-bond donors (Lipinski definition) is 3. The van der Waals surface area contributed by atoms with Crippen LogP contribution in [-0.2, 0) is 6.54 Å². The van der Waals surface area contributed by atoms with Crippen molar-refractivity contribution >= 4 is 41.5 Å². The highest BCUT2D eigenvalue weighted by Gasteiger charge is 2.08. The lowest BCUT2D eigenvalue weighted by Gasteiger charge is -2.13. The van der Waals surface area contributed by atoms with Crippen LogP contribution in [0.2, 0.25) is 0 Å². The maximum Gasteiger partial charge on any atom is 0.291 e. The van der Waals surface area contributed by atoms with E-state index in [0.29, 0.717) is 18.2 Å². The molecule has 0 aliphatic heterocycles. The molecule has 2 rings (SSSR count). The number of guanidine groups is 1. The third kappa shape index (κ3) is 7.47. The van der Waals surface area contributed by atoms with Gasteiger partial charge in [-0.3, -0.25) is 4.79 Å². The van der Waals surface area contributed by atoms with Gasteiger partial charge in [0, 0.05) is 18.8 Å². The Bertz CT molecular complexity index is 699. The topological polar surface area (TPSA) is 78.7 Å². The second-order valence-corrected chi connectivity index (χ2v) is 6.10. The van der Waals surface area contributed by atoms with Crippen LogP contribution in [0.3, 0.4) is 0 Å². The van der Waals surface area contributed by atoms with Gasteiger partial charge in [0.05, 0.1) is 12.8 Å². The van der Waals surface area contributed by atoms with Gasteiger partial charge < -0.3 is 20.4 Å². The van der Waals surface area contributed by atoms with Crippen molar-refractivity contribution in [2.24, 2.45) is 10.9 Å². The number of benzene rings is 1. The molecule has 0 fully saturated rings. The van der Waals surface area contributed by atoms with E-state index in [1.165, 1.54) is 6.26 Å². The summed E-state index contributed by atoms with van der Waals surface area (Å²) in [4.78, 5) is 16.6. The predicted molar refractivity (Wildman–Crippen MR) is 116 cm³/mol. The molecule has 1 amide bonds. The fourth-order valence-corrected chi connectivity index (χ4v) is 2.16. The molecule has 26 heavy (non-hydrogen) atoms. The largest absolute Gasteiger partial charge is 0.459 e. The van der Waals surface area contributed by atoms with E-state index in [2.05, 4.69) is 34.8 Å². The summed E-state index contributed by atoms with van der Waals surface area (Å²) in [5, 5.41) is 9.37. The first kappa shape index (κ1) is 22.0. The molecule has 6 nitrogen and oxygen atoms in total. The van der Waals surface area contributed by atoms with Gasteiger partial charge in [-0.05, 0) is 42.7 Å². The fourth-order valence-electron chi connectivity index (χ4n) is 2.16. The molecule has 0 saturated heterocycles. The van der Waals surface area contributed by atoms with Crippen LogP contribution in [0.15, 0.2) is 52.1 Å². The number of hydrogen-bond acceptors (Lipinski definition) is 3. The lowest BCUT2D eigenvalue weighted by molar-refractivity contribution is 0.0996. The number of furan rings is 1. The van der Waals surface area contributed by atoms with E-state index in [1.807, 2.05) is 31.2 Å². The van der Waals surface area contributed by atoms with Crippen molar-refractivity contribution in [3.05, 3.63) is 54.0 Å². The first-order chi connectivity index (χ1) is 12.1. The highest BCUT2D eigenvalue weighted by molar-refractivity contribution is 14.0. The lowest BCUT2D eigenvalue weighted by Crippen LogP contribution is -2.39. The number of halogens is 1. The Labute approximate surface area is 171 Å². The van der Waals surface area contributed by atoms with E-state index in [9.17, 15) is 4.79 Å². The SMILES string of the molecule is CCNC(=NCc1cccc(NC(=O)c2ccco2)c1)NCC(C)C.I. The Morgan fingerprint density at radius 2 is 2.00 bits per heavy atom. The molecule has 0 atom stereocenters. The van der Waals surface area contributed by atoms with Crippen molar-refractivity contribution in [2.45, 2.75) is 27.3 Å². The lowest BCUT2D eigenvalue weighted by atomic mass is 10.2. The van der Waals surface area contributed by atoms with Crippen LogP contribution in [0.25, 0.3) is 0 Å². The average Bonchev–Trinajstić information content (AvgIpc) is 3.12. The van der Waals surface area contributed by atoms with Crippen LogP contribution < -0.4 is 16.0 Å². The van der Waals surface area contributed by atoms with Gasteiger partial charge in [-0.2, -0.15) is 0 Å². The van der Waals surface area contributed by atoms with E-state index in [-0.39, 0.29) is 35.6 Å². The van der Waals surface area contributed by atoms with Crippen molar-refractivity contribution in [2.75, 3.05) is 18.4 Å². The molecule has 0 radical (unpaired) electrons. The van der Waals surface area contributed by atoms with Crippen LogP contribution in [0.5, 0.6) is 0 Å². The molecule has 3 N–H and O–H groups in total. The Kier molecular flexibility index (Phi) is 9.79. The standard InChI is InChI=1S/C19H26N4O2.HI/c1-4-20-19(21-12-14(2)3)22-13-15-7-5-8-16(11-15)23-18(24)17-9-6-10-25-17;/h5-11,14H,4,12-13H2,1-3H3,(H,23,24)(H2,20,21,22);1H. The molecule has 7 heteroatoms. The van der Waals surface area contributed by atoms with E-state index >= 15 is 0 Å². The summed E-state index contributed by atoms with van der Waals surface area (Å²) in [7, 11) is 0. The van der Waals surface area contributed by atoms with Crippen molar-refractivity contribution in [3.63, 3.8) is 0 Å². The highest BCUT2D eigenvalue weighted by Crippen LogP contribution is 2.13. The number of anilines is 1.